The van der Waals surface area contributed by atoms with Crippen molar-refractivity contribution in [1.82, 2.24) is 15.1 Å². The molecule has 0 saturated heterocycles. The van der Waals surface area contributed by atoms with E-state index in [0.717, 1.165) is 4.47 Å². The van der Waals surface area contributed by atoms with Gasteiger partial charge in [0.05, 0.1) is 0 Å². The number of aromatic nitrogens is 3. The summed E-state index contributed by atoms with van der Waals surface area (Å²) in [5.41, 5.74) is 2.13. The van der Waals surface area contributed by atoms with Crippen LogP contribution >= 0.6 is 15.9 Å². The highest BCUT2D eigenvalue weighted by Gasteiger charge is 2.13. The number of halogens is 2. The molecule has 4 rings (SSSR count). The first kappa shape index (κ1) is 18.0. The quantitative estimate of drug-likeness (QED) is 0.487. The van der Waals surface area contributed by atoms with Crippen molar-refractivity contribution in [2.24, 2.45) is 0 Å². The molecule has 0 radical (unpaired) electrons. The topological polar surface area (TPSA) is 80.9 Å². The lowest BCUT2D eigenvalue weighted by atomic mass is 10.1. The lowest BCUT2D eigenvalue weighted by molar-refractivity contribution is 0.102. The van der Waals surface area contributed by atoms with E-state index in [2.05, 4.69) is 36.4 Å². The van der Waals surface area contributed by atoms with Crippen LogP contribution in [0.3, 0.4) is 0 Å². The fourth-order valence-electron chi connectivity index (χ4n) is 2.49. The van der Waals surface area contributed by atoms with Crippen LogP contribution in [0.5, 0.6) is 0 Å². The third kappa shape index (κ3) is 3.96. The van der Waals surface area contributed by atoms with Gasteiger partial charge >= 0.3 is 0 Å². The Morgan fingerprint density at radius 1 is 1.07 bits per heavy atom. The molecule has 0 aliphatic carbocycles. The van der Waals surface area contributed by atoms with Gasteiger partial charge in [0.15, 0.2) is 0 Å². The first-order chi connectivity index (χ1) is 13.6. The maximum Gasteiger partial charge on any atom is 0.258 e. The number of hydrogen-bond donors (Lipinski definition) is 1. The number of hydrogen-bond acceptors (Lipinski definition) is 5. The Hall–Kier alpha value is -3.39. The van der Waals surface area contributed by atoms with E-state index in [1.54, 1.807) is 36.5 Å². The second-order valence-electron chi connectivity index (χ2n) is 5.83. The second-order valence-corrected chi connectivity index (χ2v) is 6.74. The Morgan fingerprint density at radius 2 is 1.89 bits per heavy atom. The largest absolute Gasteiger partial charge is 0.334 e. The minimum atomic E-state index is -0.397. The first-order valence-electron chi connectivity index (χ1n) is 8.21. The SMILES string of the molecule is O=C(Nc1cccc(-c2nc(-c3ccc(Br)cn3)no2)c1)c1ccc(F)cc1. The predicted molar refractivity (Wildman–Crippen MR) is 105 cm³/mol. The van der Waals surface area contributed by atoms with Crippen molar-refractivity contribution >= 4 is 27.5 Å². The van der Waals surface area contributed by atoms with Crippen molar-refractivity contribution in [3.05, 3.63) is 82.7 Å². The van der Waals surface area contributed by atoms with Crippen LogP contribution in [0.15, 0.2) is 75.9 Å². The fourth-order valence-corrected chi connectivity index (χ4v) is 2.72. The molecule has 0 saturated carbocycles. The van der Waals surface area contributed by atoms with E-state index >= 15 is 0 Å². The van der Waals surface area contributed by atoms with Crippen molar-refractivity contribution in [3.8, 4) is 23.0 Å². The van der Waals surface area contributed by atoms with Crippen LogP contribution in [0, 0.1) is 5.82 Å². The van der Waals surface area contributed by atoms with E-state index in [4.69, 9.17) is 4.52 Å². The summed E-state index contributed by atoms with van der Waals surface area (Å²) in [6.45, 7) is 0. The number of anilines is 1. The summed E-state index contributed by atoms with van der Waals surface area (Å²) in [7, 11) is 0. The Kier molecular flexibility index (Phi) is 4.94. The average molecular weight is 439 g/mol. The minimum absolute atomic E-state index is 0.303. The molecule has 4 aromatic rings. The zero-order valence-corrected chi connectivity index (χ0v) is 15.9. The van der Waals surface area contributed by atoms with Crippen LogP contribution in [-0.2, 0) is 0 Å². The summed E-state index contributed by atoms with van der Waals surface area (Å²) < 4.78 is 19.2. The van der Waals surface area contributed by atoms with E-state index < -0.39 is 5.82 Å². The highest BCUT2D eigenvalue weighted by molar-refractivity contribution is 9.10. The average Bonchev–Trinajstić information content (AvgIpc) is 3.19. The number of nitrogens with zero attached hydrogens (tertiary/aromatic N) is 3. The van der Waals surface area contributed by atoms with Crippen molar-refractivity contribution in [1.29, 1.82) is 0 Å². The number of carbonyl (C=O) groups excluding carboxylic acids is 1. The van der Waals surface area contributed by atoms with Crippen LogP contribution in [0.1, 0.15) is 10.4 Å². The van der Waals surface area contributed by atoms with Crippen LogP contribution in [-0.4, -0.2) is 21.0 Å². The van der Waals surface area contributed by atoms with Gasteiger partial charge < -0.3 is 9.84 Å². The first-order valence-corrected chi connectivity index (χ1v) is 9.01. The molecule has 0 bridgehead atoms. The molecule has 2 aromatic heterocycles. The number of rotatable bonds is 4. The second kappa shape index (κ2) is 7.69. The standard InChI is InChI=1S/C20H12BrFN4O2/c21-14-6-9-17(23-11-14)18-25-20(28-26-18)13-2-1-3-16(10-13)24-19(27)12-4-7-15(22)8-5-12/h1-11H,(H,24,27). The van der Waals surface area contributed by atoms with Crippen LogP contribution in [0.2, 0.25) is 0 Å². The van der Waals surface area contributed by atoms with Crippen molar-refractivity contribution in [2.75, 3.05) is 5.32 Å². The van der Waals surface area contributed by atoms with Gasteiger partial charge in [-0.2, -0.15) is 4.98 Å². The summed E-state index contributed by atoms with van der Waals surface area (Å²) in [5.74, 6) is -0.0747. The molecule has 1 amide bonds. The number of amides is 1. The monoisotopic (exact) mass is 438 g/mol. The summed E-state index contributed by atoms with van der Waals surface area (Å²) in [6.07, 6.45) is 1.65. The lowest BCUT2D eigenvalue weighted by Crippen LogP contribution is -2.11. The van der Waals surface area contributed by atoms with E-state index in [1.807, 2.05) is 6.07 Å². The van der Waals surface area contributed by atoms with Gasteiger partial charge in [-0.15, -0.1) is 0 Å². The highest BCUT2D eigenvalue weighted by Crippen LogP contribution is 2.24. The molecule has 138 valence electrons. The van der Waals surface area contributed by atoms with Crippen molar-refractivity contribution in [3.63, 3.8) is 0 Å². The van der Waals surface area contributed by atoms with Gasteiger partial charge in [-0.1, -0.05) is 11.2 Å². The van der Waals surface area contributed by atoms with E-state index in [1.165, 1.54) is 24.3 Å². The van der Waals surface area contributed by atoms with Gasteiger partial charge in [0.1, 0.15) is 11.5 Å². The van der Waals surface area contributed by atoms with Gasteiger partial charge in [0.25, 0.3) is 11.8 Å². The maximum atomic E-state index is 13.0. The molecule has 2 heterocycles. The molecule has 0 aliphatic rings. The molecule has 0 unspecified atom stereocenters. The molecule has 0 fully saturated rings. The van der Waals surface area contributed by atoms with Crippen LogP contribution in [0.25, 0.3) is 23.0 Å². The zero-order valence-electron chi connectivity index (χ0n) is 14.3. The Morgan fingerprint density at radius 3 is 2.64 bits per heavy atom. The van der Waals surface area contributed by atoms with Crippen LogP contribution in [0.4, 0.5) is 10.1 Å². The number of pyridine rings is 1. The van der Waals surface area contributed by atoms with Gasteiger partial charge in [-0.25, -0.2) is 4.39 Å². The van der Waals surface area contributed by atoms with Gasteiger partial charge in [-0.3, -0.25) is 9.78 Å². The lowest BCUT2D eigenvalue weighted by Gasteiger charge is -2.06. The zero-order chi connectivity index (χ0) is 19.5. The number of carbonyl (C=O) groups is 1. The number of nitrogens with one attached hydrogen (secondary N) is 1. The predicted octanol–water partition coefficient (Wildman–Crippen LogP) is 4.95. The fraction of sp³-hybridized carbons (Fsp3) is 0. The molecule has 0 atom stereocenters. The van der Waals surface area contributed by atoms with Crippen LogP contribution < -0.4 is 5.32 Å². The van der Waals surface area contributed by atoms with E-state index in [0.29, 0.717) is 34.2 Å². The smallest absolute Gasteiger partial charge is 0.258 e. The molecule has 1 N–H and O–H groups in total. The van der Waals surface area contributed by atoms with Gasteiger partial charge in [0, 0.05) is 27.5 Å². The summed E-state index contributed by atoms with van der Waals surface area (Å²) in [4.78, 5) is 20.9. The number of benzene rings is 2. The Labute approximate surface area is 167 Å². The summed E-state index contributed by atoms with van der Waals surface area (Å²) in [6, 6.07) is 15.9. The summed E-state index contributed by atoms with van der Waals surface area (Å²) >= 11 is 3.33. The molecule has 6 nitrogen and oxygen atoms in total. The third-order valence-electron chi connectivity index (χ3n) is 3.86. The maximum absolute atomic E-state index is 13.0. The molecule has 0 aliphatic heterocycles. The van der Waals surface area contributed by atoms with E-state index in [-0.39, 0.29) is 5.91 Å². The molecule has 28 heavy (non-hydrogen) atoms. The van der Waals surface area contributed by atoms with Crippen molar-refractivity contribution < 1.29 is 13.7 Å². The normalized spacial score (nSPS) is 10.6. The third-order valence-corrected chi connectivity index (χ3v) is 4.33. The molecular weight excluding hydrogens is 427 g/mol. The summed E-state index contributed by atoms with van der Waals surface area (Å²) in [5, 5.41) is 6.72. The molecular formula is C20H12BrFN4O2. The Balaban J connectivity index is 1.55. The van der Waals surface area contributed by atoms with Crippen molar-refractivity contribution in [2.45, 2.75) is 0 Å². The van der Waals surface area contributed by atoms with E-state index in [9.17, 15) is 9.18 Å². The van der Waals surface area contributed by atoms with Gasteiger partial charge in [0.2, 0.25) is 5.82 Å². The minimum Gasteiger partial charge on any atom is -0.334 e. The highest BCUT2D eigenvalue weighted by atomic mass is 79.9. The molecule has 8 heteroatoms. The van der Waals surface area contributed by atoms with Gasteiger partial charge in [-0.05, 0) is 70.5 Å². The molecule has 2 aromatic carbocycles. The Bertz CT molecular complexity index is 1130. The molecule has 0 spiro atoms.